The molecule has 5 rings (SSSR count). The summed E-state index contributed by atoms with van der Waals surface area (Å²) in [5.74, 6) is -1.80. The van der Waals surface area contributed by atoms with E-state index < -0.39 is 12.0 Å². The Kier molecular flexibility index (Phi) is 6.61. The highest BCUT2D eigenvalue weighted by atomic mass is 35.5. The summed E-state index contributed by atoms with van der Waals surface area (Å²) in [6, 6.07) is 14.7. The van der Waals surface area contributed by atoms with E-state index in [-0.39, 0.29) is 30.7 Å². The molecule has 1 aromatic heterocycles. The molecule has 0 radical (unpaired) electrons. The molecule has 34 heavy (non-hydrogen) atoms. The molecule has 1 amide bonds. The van der Waals surface area contributed by atoms with Crippen molar-refractivity contribution >= 4 is 28.5 Å². The Morgan fingerprint density at radius 1 is 1.00 bits per heavy atom. The predicted molar refractivity (Wildman–Crippen MR) is 131 cm³/mol. The Morgan fingerprint density at radius 2 is 1.68 bits per heavy atom. The second-order valence-electron chi connectivity index (χ2n) is 9.78. The summed E-state index contributed by atoms with van der Waals surface area (Å²) in [6.07, 6.45) is 5.57. The fourth-order valence-corrected chi connectivity index (χ4v) is 5.72. The van der Waals surface area contributed by atoms with Crippen LogP contribution in [0.2, 0.25) is 5.02 Å². The number of halogens is 3. The molecule has 0 saturated heterocycles. The maximum atomic E-state index is 13.9. The Bertz CT molecular complexity index is 1140. The van der Waals surface area contributed by atoms with E-state index in [2.05, 4.69) is 9.88 Å². The van der Waals surface area contributed by atoms with Gasteiger partial charge in [0.05, 0.1) is 11.0 Å². The van der Waals surface area contributed by atoms with E-state index >= 15 is 0 Å². The Labute approximate surface area is 203 Å². The molecular formula is C27H30ClF2N3O. The van der Waals surface area contributed by atoms with Crippen LogP contribution in [0.1, 0.15) is 63.8 Å². The van der Waals surface area contributed by atoms with Gasteiger partial charge in [-0.2, -0.15) is 0 Å². The maximum Gasteiger partial charge on any atom is 0.248 e. The van der Waals surface area contributed by atoms with Gasteiger partial charge in [0.2, 0.25) is 11.8 Å². The number of alkyl halides is 2. The molecule has 0 unspecified atom stereocenters. The normalized spacial score (nSPS) is 20.3. The van der Waals surface area contributed by atoms with Gasteiger partial charge in [0.1, 0.15) is 11.9 Å². The fourth-order valence-electron chi connectivity index (χ4n) is 5.59. The van der Waals surface area contributed by atoms with Crippen molar-refractivity contribution in [1.82, 2.24) is 14.9 Å². The van der Waals surface area contributed by atoms with Gasteiger partial charge >= 0.3 is 0 Å². The van der Waals surface area contributed by atoms with Gasteiger partial charge in [-0.15, -0.1) is 0 Å². The van der Waals surface area contributed by atoms with Crippen LogP contribution < -0.4 is 5.32 Å². The third-order valence-corrected chi connectivity index (χ3v) is 7.66. The molecular weight excluding hydrogens is 456 g/mol. The molecule has 7 heteroatoms. The lowest BCUT2D eigenvalue weighted by Crippen LogP contribution is -2.45. The highest BCUT2D eigenvalue weighted by molar-refractivity contribution is 6.30. The van der Waals surface area contributed by atoms with E-state index in [4.69, 9.17) is 16.6 Å². The smallest absolute Gasteiger partial charge is 0.248 e. The van der Waals surface area contributed by atoms with E-state index in [1.807, 2.05) is 48.5 Å². The minimum atomic E-state index is -2.62. The van der Waals surface area contributed by atoms with Crippen LogP contribution in [-0.4, -0.2) is 27.4 Å². The number of para-hydroxylation sites is 2. The summed E-state index contributed by atoms with van der Waals surface area (Å²) >= 11 is 6.14. The number of hydrogen-bond donors (Lipinski definition) is 1. The first kappa shape index (κ1) is 23.3. The van der Waals surface area contributed by atoms with Crippen LogP contribution in [-0.2, 0) is 4.79 Å². The zero-order valence-electron chi connectivity index (χ0n) is 19.2. The second kappa shape index (κ2) is 9.65. The summed E-state index contributed by atoms with van der Waals surface area (Å²) in [4.78, 5) is 18.8. The van der Waals surface area contributed by atoms with E-state index in [9.17, 15) is 13.6 Å². The first-order chi connectivity index (χ1) is 16.4. The summed E-state index contributed by atoms with van der Waals surface area (Å²) in [7, 11) is 0. The molecule has 180 valence electrons. The first-order valence-electron chi connectivity index (χ1n) is 12.3. The van der Waals surface area contributed by atoms with Crippen molar-refractivity contribution in [3.63, 3.8) is 0 Å². The van der Waals surface area contributed by atoms with E-state index in [1.165, 1.54) is 6.42 Å². The highest BCUT2D eigenvalue weighted by Crippen LogP contribution is 2.39. The summed E-state index contributed by atoms with van der Waals surface area (Å²) in [5, 5.41) is 3.79. The number of hydrogen-bond acceptors (Lipinski definition) is 2. The van der Waals surface area contributed by atoms with E-state index in [0.717, 1.165) is 48.1 Å². The third kappa shape index (κ3) is 4.83. The minimum absolute atomic E-state index is 0.0829. The topological polar surface area (TPSA) is 46.9 Å². The number of imidazole rings is 1. The maximum absolute atomic E-state index is 13.9. The van der Waals surface area contributed by atoms with Crippen molar-refractivity contribution in [2.45, 2.75) is 75.8 Å². The predicted octanol–water partition coefficient (Wildman–Crippen LogP) is 7.17. The quantitative estimate of drug-likeness (QED) is 0.416. The lowest BCUT2D eigenvalue weighted by molar-refractivity contribution is -0.128. The number of fused-ring (bicyclic) bond motifs is 1. The van der Waals surface area contributed by atoms with Crippen LogP contribution in [0.25, 0.3) is 22.4 Å². The number of carbonyl (C=O) groups excluding carboxylic acids is 1. The van der Waals surface area contributed by atoms with Gasteiger partial charge in [-0.3, -0.25) is 4.79 Å². The van der Waals surface area contributed by atoms with Gasteiger partial charge in [0.25, 0.3) is 0 Å². The molecule has 0 aliphatic heterocycles. The van der Waals surface area contributed by atoms with Crippen LogP contribution in [0, 0.1) is 5.92 Å². The number of amides is 1. The molecule has 2 saturated carbocycles. The van der Waals surface area contributed by atoms with Crippen LogP contribution in [0.4, 0.5) is 8.78 Å². The monoisotopic (exact) mass is 485 g/mol. The van der Waals surface area contributed by atoms with Crippen LogP contribution in [0.3, 0.4) is 0 Å². The van der Waals surface area contributed by atoms with Crippen molar-refractivity contribution in [3.8, 4) is 11.4 Å². The molecule has 1 atom stereocenters. The molecule has 4 nitrogen and oxygen atoms in total. The van der Waals surface area contributed by atoms with Gasteiger partial charge in [0.15, 0.2) is 0 Å². The first-order valence-corrected chi connectivity index (χ1v) is 12.7. The largest absolute Gasteiger partial charge is 0.352 e. The van der Waals surface area contributed by atoms with Gasteiger partial charge in [-0.05, 0) is 68.0 Å². The van der Waals surface area contributed by atoms with E-state index in [1.54, 1.807) is 0 Å². The Balaban J connectivity index is 1.56. The van der Waals surface area contributed by atoms with Gasteiger partial charge in [-0.25, -0.2) is 13.8 Å². The molecule has 2 aromatic carbocycles. The molecule has 2 fully saturated rings. The summed E-state index contributed by atoms with van der Waals surface area (Å²) < 4.78 is 29.5. The van der Waals surface area contributed by atoms with Gasteiger partial charge < -0.3 is 9.88 Å². The molecule has 0 bridgehead atoms. The van der Waals surface area contributed by atoms with Crippen molar-refractivity contribution in [2.75, 3.05) is 0 Å². The Morgan fingerprint density at radius 3 is 2.38 bits per heavy atom. The zero-order chi connectivity index (χ0) is 23.7. The summed E-state index contributed by atoms with van der Waals surface area (Å²) in [5.41, 5.74) is 2.64. The number of carbonyl (C=O) groups is 1. The third-order valence-electron chi connectivity index (χ3n) is 7.40. The lowest BCUT2D eigenvalue weighted by Gasteiger charge is -2.34. The number of nitrogens with one attached hydrogen (secondary N) is 1. The second-order valence-corrected chi connectivity index (χ2v) is 10.2. The highest BCUT2D eigenvalue weighted by Gasteiger charge is 2.38. The Hall–Kier alpha value is -2.47. The zero-order valence-corrected chi connectivity index (χ0v) is 19.9. The van der Waals surface area contributed by atoms with Crippen LogP contribution in [0.15, 0.2) is 48.5 Å². The lowest BCUT2D eigenvalue weighted by atomic mass is 9.82. The summed E-state index contributed by atoms with van der Waals surface area (Å²) in [6.45, 7) is 0. The molecule has 0 spiro atoms. The average molecular weight is 486 g/mol. The molecule has 1 N–H and O–H groups in total. The van der Waals surface area contributed by atoms with Crippen molar-refractivity contribution < 1.29 is 13.6 Å². The molecule has 2 aliphatic rings. The van der Waals surface area contributed by atoms with Crippen molar-refractivity contribution in [3.05, 3.63) is 53.6 Å². The van der Waals surface area contributed by atoms with Gasteiger partial charge in [0, 0.05) is 29.5 Å². The average Bonchev–Trinajstić information content (AvgIpc) is 3.21. The minimum Gasteiger partial charge on any atom is -0.352 e. The fraction of sp³-hybridized carbons (Fsp3) is 0.481. The molecule has 3 aromatic rings. The van der Waals surface area contributed by atoms with Gasteiger partial charge in [-0.1, -0.05) is 43.0 Å². The van der Waals surface area contributed by atoms with Crippen molar-refractivity contribution in [2.24, 2.45) is 5.92 Å². The number of aromatic nitrogens is 2. The molecule has 1 heterocycles. The van der Waals surface area contributed by atoms with Crippen LogP contribution >= 0.6 is 11.6 Å². The standard InChI is InChI=1S/C27H30ClF2N3O/c28-20-12-10-19(11-13-20)25-32-22-8-4-5-9-23(22)33(25)24(18-6-2-1-3-7-18)26(34)31-21-14-16-27(29,30)17-15-21/h4-5,8-13,18,21,24H,1-3,6-7,14-17H2,(H,31,34)/t24-/m0/s1. The van der Waals surface area contributed by atoms with Crippen molar-refractivity contribution in [1.29, 1.82) is 0 Å². The van der Waals surface area contributed by atoms with Crippen LogP contribution in [0.5, 0.6) is 0 Å². The van der Waals surface area contributed by atoms with E-state index in [0.29, 0.717) is 17.9 Å². The number of benzene rings is 2. The molecule has 2 aliphatic carbocycles. The number of nitrogens with zero attached hydrogens (tertiary/aromatic N) is 2. The number of rotatable bonds is 5. The SMILES string of the molecule is O=C(NC1CCC(F)(F)CC1)[C@H](C1CCCCC1)n1c(-c2ccc(Cl)cc2)nc2ccccc21.